The molecule has 0 saturated carbocycles. The van der Waals surface area contributed by atoms with E-state index in [4.69, 9.17) is 18.9 Å². The van der Waals surface area contributed by atoms with E-state index in [1.54, 1.807) is 49.1 Å². The molecule has 8 aromatic rings. The minimum atomic E-state index is 0.249. The van der Waals surface area contributed by atoms with Crippen LogP contribution in [0.25, 0.3) is 27.8 Å². The summed E-state index contributed by atoms with van der Waals surface area (Å²) in [6, 6.07) is 30.2. The van der Waals surface area contributed by atoms with Crippen molar-refractivity contribution in [3.8, 4) is 52.5 Å². The molecule has 0 bridgehead atoms. The highest BCUT2D eigenvalue weighted by atomic mass is 16.5. The maximum Gasteiger partial charge on any atom is 0.321 e. The van der Waals surface area contributed by atoms with Crippen LogP contribution in [0.5, 0.6) is 46.5 Å². The number of hydrogen-bond donors (Lipinski definition) is 0. The summed E-state index contributed by atoms with van der Waals surface area (Å²) in [7, 11) is 0. The summed E-state index contributed by atoms with van der Waals surface area (Å²) in [6.45, 7) is 0. The van der Waals surface area contributed by atoms with E-state index in [0.717, 1.165) is 21.8 Å². The number of hydrogen-bond acceptors (Lipinski definition) is 11. The van der Waals surface area contributed by atoms with Crippen molar-refractivity contribution in [2.24, 2.45) is 0 Å². The Labute approximate surface area is 266 Å². The third-order valence-electron chi connectivity index (χ3n) is 6.97. The number of fused-ring (bicyclic) bond motifs is 3. The van der Waals surface area contributed by atoms with Crippen LogP contribution in [0, 0.1) is 0 Å². The normalized spacial score (nSPS) is 11.0. The second kappa shape index (κ2) is 12.2. The predicted octanol–water partition coefficient (Wildman–Crippen LogP) is 7.72. The van der Waals surface area contributed by atoms with Crippen LogP contribution < -0.4 is 18.9 Å². The van der Waals surface area contributed by atoms with Crippen molar-refractivity contribution in [1.82, 2.24) is 39.5 Å². The SMILES string of the molecule is c1cnc(Oc2cccc(Oc3ccc4c5ccc(Oc6cccc(Oc7ncccn7)c6)cc5n(-c5ncncn5)c4c3)c2)nc1. The lowest BCUT2D eigenvalue weighted by atomic mass is 10.1. The Morgan fingerprint density at radius 2 is 0.830 bits per heavy atom. The molecule has 47 heavy (non-hydrogen) atoms. The Hall–Kier alpha value is -6.95. The molecule has 0 radical (unpaired) electrons. The van der Waals surface area contributed by atoms with Gasteiger partial charge in [-0.3, -0.25) is 4.57 Å². The molecule has 0 unspecified atom stereocenters. The van der Waals surface area contributed by atoms with E-state index >= 15 is 0 Å². The van der Waals surface area contributed by atoms with Crippen molar-refractivity contribution in [2.75, 3.05) is 0 Å². The summed E-state index contributed by atoms with van der Waals surface area (Å²) in [5, 5.41) is 1.96. The van der Waals surface area contributed by atoms with Crippen LogP contribution >= 0.6 is 0 Å². The molecule has 4 aromatic heterocycles. The Morgan fingerprint density at radius 1 is 0.404 bits per heavy atom. The van der Waals surface area contributed by atoms with Crippen molar-refractivity contribution < 1.29 is 18.9 Å². The number of rotatable bonds is 9. The lowest BCUT2D eigenvalue weighted by Crippen LogP contribution is -2.01. The third-order valence-corrected chi connectivity index (χ3v) is 6.97. The maximum atomic E-state index is 6.28. The van der Waals surface area contributed by atoms with Gasteiger partial charge in [-0.25, -0.2) is 34.9 Å². The van der Waals surface area contributed by atoms with E-state index in [9.17, 15) is 0 Å². The summed E-state index contributed by atoms with van der Waals surface area (Å²) in [4.78, 5) is 29.4. The molecule has 0 saturated heterocycles. The molecule has 0 aliphatic rings. The van der Waals surface area contributed by atoms with Crippen molar-refractivity contribution in [2.45, 2.75) is 0 Å². The van der Waals surface area contributed by atoms with Gasteiger partial charge >= 0.3 is 12.0 Å². The molecule has 226 valence electrons. The molecular formula is C35H22N8O4. The highest BCUT2D eigenvalue weighted by Gasteiger charge is 2.17. The minimum absolute atomic E-state index is 0.249. The topological polar surface area (TPSA) is 132 Å². The van der Waals surface area contributed by atoms with Gasteiger partial charge in [0.25, 0.3) is 0 Å². The molecule has 0 amide bonds. The summed E-state index contributed by atoms with van der Waals surface area (Å²) in [6.07, 6.45) is 9.40. The van der Waals surface area contributed by atoms with E-state index in [2.05, 4.69) is 34.9 Å². The van der Waals surface area contributed by atoms with Crippen LogP contribution in [0.4, 0.5) is 0 Å². The van der Waals surface area contributed by atoms with Crippen molar-refractivity contribution >= 4 is 21.8 Å². The molecule has 0 aliphatic carbocycles. The highest BCUT2D eigenvalue weighted by Crippen LogP contribution is 2.38. The van der Waals surface area contributed by atoms with Gasteiger partial charge in [-0.15, -0.1) is 0 Å². The first-order chi connectivity index (χ1) is 23.2. The van der Waals surface area contributed by atoms with Gasteiger partial charge in [0.15, 0.2) is 0 Å². The van der Waals surface area contributed by atoms with Crippen LogP contribution in [-0.2, 0) is 0 Å². The second-order valence-corrected chi connectivity index (χ2v) is 10.1. The average molecular weight is 619 g/mol. The van der Waals surface area contributed by atoms with Gasteiger partial charge in [0, 0.05) is 59.8 Å². The molecule has 0 spiro atoms. The largest absolute Gasteiger partial charge is 0.457 e. The van der Waals surface area contributed by atoms with E-state index in [0.29, 0.717) is 40.4 Å². The van der Waals surface area contributed by atoms with Gasteiger partial charge in [0.05, 0.1) is 11.0 Å². The zero-order valence-electron chi connectivity index (χ0n) is 24.4. The van der Waals surface area contributed by atoms with Crippen LogP contribution in [0.15, 0.2) is 135 Å². The number of nitrogens with zero attached hydrogens (tertiary/aromatic N) is 8. The van der Waals surface area contributed by atoms with Crippen LogP contribution in [-0.4, -0.2) is 39.5 Å². The lowest BCUT2D eigenvalue weighted by Gasteiger charge is -2.10. The zero-order chi connectivity index (χ0) is 31.4. The first-order valence-electron chi connectivity index (χ1n) is 14.4. The maximum absolute atomic E-state index is 6.28. The average Bonchev–Trinajstić information content (AvgIpc) is 3.42. The monoisotopic (exact) mass is 618 g/mol. The van der Waals surface area contributed by atoms with Crippen LogP contribution in [0.1, 0.15) is 0 Å². The Bertz CT molecular complexity index is 2180. The Kier molecular flexibility index (Phi) is 7.17. The van der Waals surface area contributed by atoms with Gasteiger partial charge in [-0.2, -0.15) is 0 Å². The molecule has 12 heteroatoms. The van der Waals surface area contributed by atoms with E-state index < -0.39 is 0 Å². The molecule has 8 rings (SSSR count). The fourth-order valence-corrected chi connectivity index (χ4v) is 5.03. The molecule has 0 atom stereocenters. The van der Waals surface area contributed by atoms with Gasteiger partial charge in [-0.05, 0) is 60.7 Å². The number of ether oxygens (including phenoxy) is 4. The second-order valence-electron chi connectivity index (χ2n) is 10.1. The predicted molar refractivity (Wildman–Crippen MR) is 171 cm³/mol. The van der Waals surface area contributed by atoms with Gasteiger partial charge in [0.1, 0.15) is 47.2 Å². The van der Waals surface area contributed by atoms with Crippen molar-refractivity contribution in [3.05, 3.63) is 135 Å². The van der Waals surface area contributed by atoms with Crippen LogP contribution in [0.2, 0.25) is 0 Å². The third kappa shape index (κ3) is 5.93. The summed E-state index contributed by atoms with van der Waals surface area (Å²) in [5.74, 6) is 3.94. The molecular weight excluding hydrogens is 596 g/mol. The summed E-state index contributed by atoms with van der Waals surface area (Å²) in [5.41, 5.74) is 1.67. The minimum Gasteiger partial charge on any atom is -0.457 e. The van der Waals surface area contributed by atoms with Gasteiger partial charge < -0.3 is 18.9 Å². The molecule has 0 aliphatic heterocycles. The van der Waals surface area contributed by atoms with Gasteiger partial charge in [0.2, 0.25) is 5.95 Å². The van der Waals surface area contributed by atoms with Gasteiger partial charge in [-0.1, -0.05) is 12.1 Å². The number of benzene rings is 4. The summed E-state index contributed by atoms with van der Waals surface area (Å²) < 4.78 is 26.1. The number of aromatic nitrogens is 8. The smallest absolute Gasteiger partial charge is 0.321 e. The first-order valence-corrected chi connectivity index (χ1v) is 14.4. The molecule has 4 aromatic carbocycles. The van der Waals surface area contributed by atoms with E-state index in [-0.39, 0.29) is 12.0 Å². The van der Waals surface area contributed by atoms with Crippen molar-refractivity contribution in [1.29, 1.82) is 0 Å². The summed E-state index contributed by atoms with van der Waals surface area (Å²) >= 11 is 0. The first kappa shape index (κ1) is 27.6. The van der Waals surface area contributed by atoms with Crippen LogP contribution in [0.3, 0.4) is 0 Å². The zero-order valence-corrected chi connectivity index (χ0v) is 24.4. The standard InChI is InChI=1S/C35H22N8O4/c1-5-23(17-25(7-1)46-34-37-13-3-14-38-34)44-27-9-11-29-30-12-10-28(20-32(30)43(31(29)19-27)33-41-21-36-22-42-33)45-24-6-2-8-26(18-24)47-35-39-15-4-16-40-35/h1-22H. The highest BCUT2D eigenvalue weighted by molar-refractivity contribution is 6.09. The van der Waals surface area contributed by atoms with Crippen molar-refractivity contribution in [3.63, 3.8) is 0 Å². The fraction of sp³-hybridized carbons (Fsp3) is 0. The Balaban J connectivity index is 1.13. The van der Waals surface area contributed by atoms with E-state index in [1.807, 2.05) is 77.4 Å². The quantitative estimate of drug-likeness (QED) is 0.157. The molecule has 0 fully saturated rings. The van der Waals surface area contributed by atoms with E-state index in [1.165, 1.54) is 12.7 Å². The Morgan fingerprint density at radius 3 is 1.30 bits per heavy atom. The molecule has 12 nitrogen and oxygen atoms in total. The lowest BCUT2D eigenvalue weighted by molar-refractivity contribution is 0.432. The fourth-order valence-electron chi connectivity index (χ4n) is 5.03. The molecule has 0 N–H and O–H groups in total. The molecule has 4 heterocycles.